The molecule has 0 aliphatic carbocycles. The minimum absolute atomic E-state index is 0.0979. The number of nitrogens with one attached hydrogen (secondary N) is 2. The molecule has 37 heavy (non-hydrogen) atoms. The lowest BCUT2D eigenvalue weighted by Gasteiger charge is -2.39. The van der Waals surface area contributed by atoms with Gasteiger partial charge < -0.3 is 29.7 Å². The number of hydrogen-bond donors (Lipinski definition) is 2. The van der Waals surface area contributed by atoms with Gasteiger partial charge in [-0.2, -0.15) is 0 Å². The minimum Gasteiger partial charge on any atom is -0.486 e. The maximum absolute atomic E-state index is 14.6. The van der Waals surface area contributed by atoms with Gasteiger partial charge in [-0.3, -0.25) is 0 Å². The van der Waals surface area contributed by atoms with E-state index in [0.29, 0.717) is 65.4 Å². The van der Waals surface area contributed by atoms with Gasteiger partial charge in [-0.05, 0) is 54.9 Å². The Morgan fingerprint density at radius 3 is 2.95 bits per heavy atom. The molecule has 1 aromatic heterocycles. The molecule has 0 spiro atoms. The Morgan fingerprint density at radius 1 is 1.30 bits per heavy atom. The third-order valence-electron chi connectivity index (χ3n) is 6.14. The smallest absolute Gasteiger partial charge is 0.410 e. The molecule has 2 aliphatic heterocycles. The molecule has 1 amide bonds. The van der Waals surface area contributed by atoms with Gasteiger partial charge in [0.05, 0.1) is 21.7 Å². The van der Waals surface area contributed by atoms with E-state index in [1.807, 2.05) is 20.8 Å². The van der Waals surface area contributed by atoms with Crippen molar-refractivity contribution in [2.75, 3.05) is 31.6 Å². The van der Waals surface area contributed by atoms with Crippen LogP contribution in [0.5, 0.6) is 11.5 Å². The van der Waals surface area contributed by atoms with E-state index in [4.69, 9.17) is 14.2 Å². The van der Waals surface area contributed by atoms with Gasteiger partial charge in [-0.25, -0.2) is 19.2 Å². The third-order valence-corrected chi connectivity index (χ3v) is 6.75. The number of amides is 1. The lowest BCUT2D eigenvalue weighted by Crippen LogP contribution is -2.56. The quantitative estimate of drug-likeness (QED) is 0.449. The fourth-order valence-corrected chi connectivity index (χ4v) is 4.81. The molecular formula is C26H29BrFN5O4. The third kappa shape index (κ3) is 5.72. The lowest BCUT2D eigenvalue weighted by molar-refractivity contribution is 0.00129. The Balaban J connectivity index is 1.36. The van der Waals surface area contributed by atoms with E-state index in [1.165, 1.54) is 6.33 Å². The zero-order chi connectivity index (χ0) is 26.2. The normalized spacial score (nSPS) is 19.5. The molecule has 1 saturated heterocycles. The van der Waals surface area contributed by atoms with E-state index in [0.717, 1.165) is 0 Å². The fraction of sp³-hybridized carbons (Fsp3) is 0.423. The number of nitrogens with zero attached hydrogens (tertiary/aromatic N) is 3. The number of rotatable bonds is 4. The van der Waals surface area contributed by atoms with Crippen LogP contribution >= 0.6 is 15.9 Å². The van der Waals surface area contributed by atoms with Gasteiger partial charge in [0.15, 0.2) is 17.3 Å². The van der Waals surface area contributed by atoms with E-state index in [1.54, 1.807) is 35.2 Å². The molecule has 5 rings (SSSR count). The molecule has 9 nitrogen and oxygen atoms in total. The summed E-state index contributed by atoms with van der Waals surface area (Å²) in [5.41, 5.74) is 0.360. The summed E-state index contributed by atoms with van der Waals surface area (Å²) in [4.78, 5) is 23.2. The summed E-state index contributed by atoms with van der Waals surface area (Å²) < 4.78 is 32.9. The first-order chi connectivity index (χ1) is 17.7. The average molecular weight is 574 g/mol. The van der Waals surface area contributed by atoms with Crippen LogP contribution in [-0.2, 0) is 4.74 Å². The monoisotopic (exact) mass is 573 g/mol. The molecule has 2 atom stereocenters. The number of hydrogen-bond acceptors (Lipinski definition) is 8. The van der Waals surface area contributed by atoms with E-state index < -0.39 is 11.4 Å². The van der Waals surface area contributed by atoms with Crippen molar-refractivity contribution in [2.24, 2.45) is 0 Å². The van der Waals surface area contributed by atoms with E-state index in [-0.39, 0.29) is 23.9 Å². The molecule has 0 radical (unpaired) electrons. The number of halogens is 2. The van der Waals surface area contributed by atoms with Crippen molar-refractivity contribution >= 4 is 44.4 Å². The second-order valence-corrected chi connectivity index (χ2v) is 10.9. The Hall–Kier alpha value is -3.18. The molecule has 0 bridgehead atoms. The van der Waals surface area contributed by atoms with Gasteiger partial charge in [0.2, 0.25) is 0 Å². The van der Waals surface area contributed by atoms with Crippen LogP contribution in [-0.4, -0.2) is 64.9 Å². The summed E-state index contributed by atoms with van der Waals surface area (Å²) in [6.45, 7) is 7.84. The molecule has 2 aromatic carbocycles. The first-order valence-electron chi connectivity index (χ1n) is 12.2. The van der Waals surface area contributed by atoms with Crippen LogP contribution in [0.3, 0.4) is 0 Å². The zero-order valence-electron chi connectivity index (χ0n) is 20.9. The van der Waals surface area contributed by atoms with Gasteiger partial charge >= 0.3 is 6.09 Å². The van der Waals surface area contributed by atoms with Crippen LogP contribution in [0.2, 0.25) is 0 Å². The summed E-state index contributed by atoms with van der Waals surface area (Å²) in [6, 6.07) is 8.51. The molecular weight excluding hydrogens is 545 g/mol. The molecule has 196 valence electrons. The largest absolute Gasteiger partial charge is 0.486 e. The van der Waals surface area contributed by atoms with Crippen molar-refractivity contribution in [3.63, 3.8) is 0 Å². The van der Waals surface area contributed by atoms with E-state index in [9.17, 15) is 9.18 Å². The number of ether oxygens (including phenoxy) is 3. The Bertz CT molecular complexity index is 1320. The summed E-state index contributed by atoms with van der Waals surface area (Å²) in [7, 11) is 0. The van der Waals surface area contributed by atoms with Crippen molar-refractivity contribution in [1.82, 2.24) is 20.2 Å². The Morgan fingerprint density at radius 2 is 2.14 bits per heavy atom. The molecule has 2 aliphatic rings. The molecule has 3 heterocycles. The first-order valence-corrected chi connectivity index (χ1v) is 13.0. The maximum atomic E-state index is 14.6. The molecule has 1 unspecified atom stereocenters. The van der Waals surface area contributed by atoms with Crippen LogP contribution in [0, 0.1) is 5.82 Å². The number of benzene rings is 2. The number of anilines is 2. The standard InChI is InChI=1S/C26H29BrFN5O4/c1-26(2,3)37-25(34)33-8-7-29-12-15(33)9-16-13-35-21-11-20-17(10-22(21)36-16)24(31-14-30-20)32-19-6-4-5-18(27)23(19)28/h4-6,10-11,14-16,29H,7-9,12-13H2,1-3H3,(H,30,31,32)/t15?,16-/m0/s1. The highest BCUT2D eigenvalue weighted by Crippen LogP contribution is 2.38. The first kappa shape index (κ1) is 25.5. The van der Waals surface area contributed by atoms with E-state index >= 15 is 0 Å². The van der Waals surface area contributed by atoms with Crippen LogP contribution in [0.25, 0.3) is 10.9 Å². The lowest BCUT2D eigenvalue weighted by atomic mass is 10.1. The van der Waals surface area contributed by atoms with Crippen molar-refractivity contribution in [1.29, 1.82) is 0 Å². The average Bonchev–Trinajstić information content (AvgIpc) is 2.85. The highest BCUT2D eigenvalue weighted by Gasteiger charge is 2.34. The van der Waals surface area contributed by atoms with Gasteiger partial charge in [0.25, 0.3) is 0 Å². The molecule has 3 aromatic rings. The van der Waals surface area contributed by atoms with Crippen molar-refractivity contribution in [2.45, 2.75) is 44.9 Å². The Kier molecular flexibility index (Phi) is 7.09. The molecule has 1 fully saturated rings. The van der Waals surface area contributed by atoms with Crippen molar-refractivity contribution in [3.05, 3.63) is 46.9 Å². The van der Waals surface area contributed by atoms with Crippen molar-refractivity contribution < 1.29 is 23.4 Å². The van der Waals surface area contributed by atoms with Gasteiger partial charge in [-0.1, -0.05) is 6.07 Å². The minimum atomic E-state index is -0.566. The predicted molar refractivity (Wildman–Crippen MR) is 141 cm³/mol. The number of fused-ring (bicyclic) bond motifs is 2. The summed E-state index contributed by atoms with van der Waals surface area (Å²) in [6.07, 6.45) is 1.39. The summed E-state index contributed by atoms with van der Waals surface area (Å²) >= 11 is 3.21. The summed E-state index contributed by atoms with van der Waals surface area (Å²) in [5, 5.41) is 7.07. The predicted octanol–water partition coefficient (Wildman–Crippen LogP) is 5.01. The highest BCUT2D eigenvalue weighted by molar-refractivity contribution is 9.10. The van der Waals surface area contributed by atoms with Crippen molar-refractivity contribution in [3.8, 4) is 11.5 Å². The second kappa shape index (κ2) is 10.3. The number of piperazine rings is 1. The van der Waals surface area contributed by atoms with Crippen LogP contribution < -0.4 is 20.1 Å². The molecule has 0 saturated carbocycles. The second-order valence-electron chi connectivity index (χ2n) is 10.1. The van der Waals surface area contributed by atoms with E-state index in [2.05, 4.69) is 36.5 Å². The topological polar surface area (TPSA) is 97.8 Å². The van der Waals surface area contributed by atoms with Crippen LogP contribution in [0.4, 0.5) is 20.7 Å². The SMILES string of the molecule is CC(C)(C)OC(=O)N1CCNCC1C[C@H]1COc2cc3ncnc(Nc4cccc(Br)c4F)c3cc2O1. The van der Waals surface area contributed by atoms with Crippen LogP contribution in [0.1, 0.15) is 27.2 Å². The molecule has 11 heteroatoms. The molecule has 2 N–H and O–H groups in total. The maximum Gasteiger partial charge on any atom is 0.410 e. The Labute approximate surface area is 222 Å². The van der Waals surface area contributed by atoms with Gasteiger partial charge in [0.1, 0.15) is 30.5 Å². The van der Waals surface area contributed by atoms with Gasteiger partial charge in [-0.15, -0.1) is 0 Å². The number of carbonyl (C=O) groups is 1. The highest BCUT2D eigenvalue weighted by atomic mass is 79.9. The summed E-state index contributed by atoms with van der Waals surface area (Å²) in [5.74, 6) is 1.15. The number of carbonyl (C=O) groups excluding carboxylic acids is 1. The zero-order valence-corrected chi connectivity index (χ0v) is 22.5. The number of aromatic nitrogens is 2. The van der Waals surface area contributed by atoms with Crippen LogP contribution in [0.15, 0.2) is 41.1 Å². The fourth-order valence-electron chi connectivity index (χ4n) is 4.44. The van der Waals surface area contributed by atoms with Gasteiger partial charge in [0, 0.05) is 37.5 Å².